The first-order valence-electron chi connectivity index (χ1n) is 4.67. The number of carbonyl (C=O) groups is 1. The second-order valence-corrected chi connectivity index (χ2v) is 4.17. The fourth-order valence-corrected chi connectivity index (χ4v) is 1.27. The van der Waals surface area contributed by atoms with E-state index in [1.54, 1.807) is 6.92 Å². The van der Waals surface area contributed by atoms with Gasteiger partial charge in [0.25, 0.3) is 6.29 Å². The molecule has 0 unspecified atom stereocenters. The first-order chi connectivity index (χ1) is 6.07. The molecule has 0 bridgehead atoms. The number of rotatable bonds is 5. The van der Waals surface area contributed by atoms with Gasteiger partial charge in [0.05, 0.1) is 0 Å². The van der Waals surface area contributed by atoms with Crippen molar-refractivity contribution in [1.82, 2.24) is 0 Å². The average Bonchev–Trinajstić information content (AvgIpc) is 2.82. The summed E-state index contributed by atoms with van der Waals surface area (Å²) in [6, 6.07) is 0. The van der Waals surface area contributed by atoms with Gasteiger partial charge in [-0.25, -0.2) is 0 Å². The van der Waals surface area contributed by atoms with Gasteiger partial charge in [-0.1, -0.05) is 13.0 Å². The summed E-state index contributed by atoms with van der Waals surface area (Å²) in [4.78, 5) is 20.8. The van der Waals surface area contributed by atoms with Gasteiger partial charge in [-0.3, -0.25) is 9.59 Å². The molecule has 0 saturated heterocycles. The van der Waals surface area contributed by atoms with Crippen LogP contribution in [-0.4, -0.2) is 12.1 Å². The van der Waals surface area contributed by atoms with Crippen LogP contribution in [-0.2, 0) is 9.59 Å². The monoisotopic (exact) mass is 179 g/mol. The molecular weight excluding hydrogens is 164 g/mol. The number of allylic oxidation sites excluding steroid dienone is 2. The van der Waals surface area contributed by atoms with Crippen LogP contribution in [0.5, 0.6) is 0 Å². The Morgan fingerprint density at radius 1 is 1.54 bits per heavy atom. The van der Waals surface area contributed by atoms with Crippen LogP contribution < -0.4 is 0 Å². The predicted octanol–water partition coefficient (Wildman–Crippen LogP) is 2.19. The summed E-state index contributed by atoms with van der Waals surface area (Å²) in [7, 11) is 0. The normalized spacial score (nSPS) is 19.7. The maximum absolute atomic E-state index is 10.8. The minimum Gasteiger partial charge on any atom is -0.285 e. The molecule has 1 radical (unpaired) electrons. The fraction of sp³-hybridized carbons (Fsp3) is 0.636. The highest BCUT2D eigenvalue weighted by Gasteiger charge is 2.35. The Hall–Kier alpha value is -0.920. The van der Waals surface area contributed by atoms with Crippen molar-refractivity contribution in [2.24, 2.45) is 5.41 Å². The highest BCUT2D eigenvalue weighted by atomic mass is 16.2. The van der Waals surface area contributed by atoms with Crippen LogP contribution in [0.2, 0.25) is 0 Å². The van der Waals surface area contributed by atoms with Crippen molar-refractivity contribution in [3.63, 3.8) is 0 Å². The molecule has 2 nitrogen and oxygen atoms in total. The van der Waals surface area contributed by atoms with Crippen molar-refractivity contribution in [1.29, 1.82) is 0 Å². The Morgan fingerprint density at radius 3 is 2.62 bits per heavy atom. The van der Waals surface area contributed by atoms with Crippen LogP contribution in [0.15, 0.2) is 11.6 Å². The van der Waals surface area contributed by atoms with Crippen LogP contribution in [0, 0.1) is 5.41 Å². The Labute approximate surface area is 79.0 Å². The van der Waals surface area contributed by atoms with Gasteiger partial charge >= 0.3 is 0 Å². The maximum Gasteiger partial charge on any atom is 0.277 e. The molecule has 1 saturated carbocycles. The minimum absolute atomic E-state index is 0.513. The standard InChI is InChI=1S/C11H15O2/c1-9(10(13)8-12)4-3-5-11(2)6-7-11/h4H,3,5-7H2,1-2H3. The topological polar surface area (TPSA) is 34.1 Å². The lowest BCUT2D eigenvalue weighted by Gasteiger charge is -2.03. The number of hydrogen-bond acceptors (Lipinski definition) is 2. The summed E-state index contributed by atoms with van der Waals surface area (Å²) >= 11 is 0. The molecule has 0 amide bonds. The van der Waals surface area contributed by atoms with E-state index in [1.807, 2.05) is 6.08 Å². The summed E-state index contributed by atoms with van der Waals surface area (Å²) in [6.07, 6.45) is 7.83. The quantitative estimate of drug-likeness (QED) is 0.479. The third-order valence-electron chi connectivity index (χ3n) is 2.75. The summed E-state index contributed by atoms with van der Waals surface area (Å²) in [6.45, 7) is 3.92. The third-order valence-corrected chi connectivity index (χ3v) is 2.75. The first-order valence-corrected chi connectivity index (χ1v) is 4.67. The van der Waals surface area contributed by atoms with E-state index in [9.17, 15) is 9.59 Å². The van der Waals surface area contributed by atoms with Crippen molar-refractivity contribution < 1.29 is 9.59 Å². The lowest BCUT2D eigenvalue weighted by atomic mass is 10.0. The van der Waals surface area contributed by atoms with Crippen LogP contribution in [0.4, 0.5) is 0 Å². The van der Waals surface area contributed by atoms with E-state index in [1.165, 1.54) is 19.1 Å². The molecule has 0 N–H and O–H groups in total. The van der Waals surface area contributed by atoms with Gasteiger partial charge in [0.2, 0.25) is 5.78 Å². The van der Waals surface area contributed by atoms with Crippen LogP contribution in [0.25, 0.3) is 0 Å². The van der Waals surface area contributed by atoms with E-state index < -0.39 is 5.78 Å². The van der Waals surface area contributed by atoms with Gasteiger partial charge in [0.15, 0.2) is 0 Å². The molecule has 0 aromatic heterocycles. The summed E-state index contributed by atoms with van der Waals surface area (Å²) in [5.74, 6) is -0.513. The minimum atomic E-state index is -0.513. The molecule has 0 heterocycles. The highest BCUT2D eigenvalue weighted by Crippen LogP contribution is 2.48. The van der Waals surface area contributed by atoms with Crippen molar-refractivity contribution in [2.75, 3.05) is 0 Å². The lowest BCUT2D eigenvalue weighted by Crippen LogP contribution is -2.00. The van der Waals surface area contributed by atoms with Gasteiger partial charge in [-0.2, -0.15) is 0 Å². The van der Waals surface area contributed by atoms with Crippen LogP contribution in [0.3, 0.4) is 0 Å². The Morgan fingerprint density at radius 2 is 2.15 bits per heavy atom. The van der Waals surface area contributed by atoms with Crippen molar-refractivity contribution in [3.8, 4) is 0 Å². The molecule has 0 spiro atoms. The van der Waals surface area contributed by atoms with Crippen molar-refractivity contribution >= 4 is 12.1 Å². The van der Waals surface area contributed by atoms with E-state index in [4.69, 9.17) is 0 Å². The predicted molar refractivity (Wildman–Crippen MR) is 51.0 cm³/mol. The lowest BCUT2D eigenvalue weighted by molar-refractivity contribution is -0.109. The summed E-state index contributed by atoms with van der Waals surface area (Å²) in [5.41, 5.74) is 1.05. The van der Waals surface area contributed by atoms with Gasteiger partial charge in [-0.05, 0) is 43.6 Å². The zero-order valence-electron chi connectivity index (χ0n) is 8.22. The molecule has 1 fully saturated rings. The molecule has 1 rings (SSSR count). The van der Waals surface area contributed by atoms with Gasteiger partial charge in [0, 0.05) is 0 Å². The SMILES string of the molecule is CC(=CCCC1(C)CC1)C(=O)[C]=O. The zero-order chi connectivity index (χ0) is 9.90. The van der Waals surface area contributed by atoms with Crippen LogP contribution >= 0.6 is 0 Å². The average molecular weight is 179 g/mol. The van der Waals surface area contributed by atoms with E-state index in [0.29, 0.717) is 11.0 Å². The molecule has 0 aliphatic heterocycles. The highest BCUT2D eigenvalue weighted by molar-refractivity contribution is 6.33. The molecule has 0 aromatic rings. The number of carbonyl (C=O) groups excluding carboxylic acids is 2. The zero-order valence-corrected chi connectivity index (χ0v) is 8.22. The fourth-order valence-electron chi connectivity index (χ4n) is 1.27. The smallest absolute Gasteiger partial charge is 0.277 e. The first kappa shape index (κ1) is 10.2. The number of ketones is 1. The summed E-state index contributed by atoms with van der Waals surface area (Å²) < 4.78 is 0. The molecule has 71 valence electrons. The van der Waals surface area contributed by atoms with Gasteiger partial charge in [0.1, 0.15) is 0 Å². The van der Waals surface area contributed by atoms with E-state index in [0.717, 1.165) is 12.8 Å². The Bertz CT molecular complexity index is 247. The second kappa shape index (κ2) is 3.86. The third kappa shape index (κ3) is 3.13. The molecular formula is C11H15O2. The molecule has 13 heavy (non-hydrogen) atoms. The van der Waals surface area contributed by atoms with Crippen molar-refractivity contribution in [2.45, 2.75) is 39.5 Å². The maximum atomic E-state index is 10.8. The number of Topliss-reactive ketones (excluding diaryl/α,β-unsaturated/α-hetero) is 1. The second-order valence-electron chi connectivity index (χ2n) is 4.17. The Kier molecular flexibility index (Phi) is 3.02. The number of hydrogen-bond donors (Lipinski definition) is 0. The van der Waals surface area contributed by atoms with Gasteiger partial charge in [-0.15, -0.1) is 0 Å². The van der Waals surface area contributed by atoms with Crippen LogP contribution in [0.1, 0.15) is 39.5 Å². The van der Waals surface area contributed by atoms with Gasteiger partial charge < -0.3 is 0 Å². The summed E-state index contributed by atoms with van der Waals surface area (Å²) in [5, 5.41) is 0. The largest absolute Gasteiger partial charge is 0.285 e. The molecule has 1 aliphatic rings. The van der Waals surface area contributed by atoms with E-state index >= 15 is 0 Å². The van der Waals surface area contributed by atoms with E-state index in [-0.39, 0.29) is 0 Å². The van der Waals surface area contributed by atoms with E-state index in [2.05, 4.69) is 6.92 Å². The molecule has 0 atom stereocenters. The molecule has 0 aromatic carbocycles. The molecule has 2 heteroatoms. The van der Waals surface area contributed by atoms with Crippen molar-refractivity contribution in [3.05, 3.63) is 11.6 Å². The molecule has 1 aliphatic carbocycles. The Balaban J connectivity index is 2.30.